The van der Waals surface area contributed by atoms with Crippen molar-refractivity contribution in [2.24, 2.45) is 5.92 Å². The van der Waals surface area contributed by atoms with E-state index in [0.29, 0.717) is 30.3 Å². The van der Waals surface area contributed by atoms with Crippen LogP contribution in [0.2, 0.25) is 6.32 Å². The summed E-state index contributed by atoms with van der Waals surface area (Å²) in [4.78, 5) is 28.3. The molecular formula is C28H36BNO5. The number of benzene rings is 1. The van der Waals surface area contributed by atoms with Crippen molar-refractivity contribution in [1.29, 1.82) is 0 Å². The van der Waals surface area contributed by atoms with Gasteiger partial charge >= 0.3 is 7.12 Å². The van der Waals surface area contributed by atoms with Gasteiger partial charge in [-0.1, -0.05) is 37.3 Å². The second kappa shape index (κ2) is 8.15. The number of rotatable bonds is 7. The minimum atomic E-state index is -0.857. The highest BCUT2D eigenvalue weighted by Gasteiger charge is 2.66. The molecule has 35 heavy (non-hydrogen) atoms. The highest BCUT2D eigenvalue weighted by molar-refractivity contribution is 6.46. The normalized spacial score (nSPS) is 34.6. The predicted molar refractivity (Wildman–Crippen MR) is 135 cm³/mol. The van der Waals surface area contributed by atoms with Gasteiger partial charge in [0.05, 0.1) is 33.5 Å². The highest BCUT2D eigenvalue weighted by Crippen LogP contribution is 2.60. The zero-order valence-electron chi connectivity index (χ0n) is 21.5. The molecular weight excluding hydrogens is 441 g/mol. The van der Waals surface area contributed by atoms with Gasteiger partial charge in [0, 0.05) is 19.2 Å². The first kappa shape index (κ1) is 24.5. The average molecular weight is 477 g/mol. The van der Waals surface area contributed by atoms with Crippen molar-refractivity contribution in [1.82, 2.24) is 4.90 Å². The van der Waals surface area contributed by atoms with Gasteiger partial charge in [0.2, 0.25) is 0 Å². The van der Waals surface area contributed by atoms with Gasteiger partial charge in [0.25, 0.3) is 11.8 Å². The molecule has 2 aliphatic heterocycles. The molecule has 6 nitrogen and oxygen atoms in total. The zero-order valence-corrected chi connectivity index (χ0v) is 21.5. The Kier molecular flexibility index (Phi) is 5.70. The van der Waals surface area contributed by atoms with Gasteiger partial charge in [0.15, 0.2) is 0 Å². The molecule has 1 saturated heterocycles. The summed E-state index contributed by atoms with van der Waals surface area (Å²) in [6.45, 7) is 10.2. The summed E-state index contributed by atoms with van der Waals surface area (Å²) in [5, 5.41) is 11.3. The number of carbonyl (C=O) groups excluding carboxylic acids is 2. The van der Waals surface area contributed by atoms with Crippen molar-refractivity contribution >= 4 is 18.9 Å². The van der Waals surface area contributed by atoms with Gasteiger partial charge in [-0.15, -0.1) is 0 Å². The van der Waals surface area contributed by atoms with E-state index in [9.17, 15) is 14.7 Å². The molecule has 0 bridgehead atoms. The van der Waals surface area contributed by atoms with Crippen LogP contribution in [0.3, 0.4) is 0 Å². The fourth-order valence-corrected chi connectivity index (χ4v) is 6.28. The third kappa shape index (κ3) is 3.66. The molecule has 3 fully saturated rings. The summed E-state index contributed by atoms with van der Waals surface area (Å²) >= 11 is 0. The van der Waals surface area contributed by atoms with Gasteiger partial charge in [0.1, 0.15) is 0 Å². The summed E-state index contributed by atoms with van der Waals surface area (Å²) in [6, 6.07) is 6.99. The first-order valence-corrected chi connectivity index (χ1v) is 12.9. The number of allylic oxidation sites excluding steroid dienone is 2. The van der Waals surface area contributed by atoms with Gasteiger partial charge in [-0.2, -0.15) is 0 Å². The molecule has 186 valence electrons. The van der Waals surface area contributed by atoms with Crippen LogP contribution in [0.1, 0.15) is 87.4 Å². The topological polar surface area (TPSA) is 76.1 Å². The largest absolute Gasteiger partial charge is 0.461 e. The Labute approximate surface area is 208 Å². The van der Waals surface area contributed by atoms with E-state index < -0.39 is 11.1 Å². The summed E-state index contributed by atoms with van der Waals surface area (Å²) in [5.41, 5.74) is -0.691. The van der Waals surface area contributed by atoms with Crippen LogP contribution in [-0.4, -0.2) is 51.3 Å². The van der Waals surface area contributed by atoms with Crippen LogP contribution >= 0.6 is 0 Å². The van der Waals surface area contributed by atoms with Crippen LogP contribution in [0, 0.1) is 5.92 Å². The SMILES string of the molecule is CC=C(C=CCB1OC(C)(C)C(C)(CC)O1)C1(N2C(=O)c3ccccc3C2=O)CC(O)(C2CC2)C1. The Morgan fingerprint density at radius 2 is 1.71 bits per heavy atom. The van der Waals surface area contributed by atoms with E-state index in [1.54, 1.807) is 24.3 Å². The van der Waals surface area contributed by atoms with Crippen molar-refractivity contribution in [3.63, 3.8) is 0 Å². The van der Waals surface area contributed by atoms with Crippen molar-refractivity contribution in [3.8, 4) is 0 Å². The zero-order chi connectivity index (χ0) is 25.2. The summed E-state index contributed by atoms with van der Waals surface area (Å²) < 4.78 is 12.4. The van der Waals surface area contributed by atoms with Crippen LogP contribution in [0.4, 0.5) is 0 Å². The van der Waals surface area contributed by atoms with Gasteiger partial charge in [-0.05, 0) is 70.6 Å². The van der Waals surface area contributed by atoms with Crippen molar-refractivity contribution in [2.45, 2.75) is 95.4 Å². The number of hydrogen-bond donors (Lipinski definition) is 1. The van der Waals surface area contributed by atoms with E-state index in [-0.39, 0.29) is 36.1 Å². The van der Waals surface area contributed by atoms with Crippen molar-refractivity contribution < 1.29 is 24.0 Å². The maximum absolute atomic E-state index is 13.5. The van der Waals surface area contributed by atoms with Gasteiger partial charge in [-0.25, -0.2) is 0 Å². The molecule has 4 aliphatic rings. The Bertz CT molecular complexity index is 1080. The summed E-state index contributed by atoms with van der Waals surface area (Å²) in [5.74, 6) is -0.305. The maximum atomic E-state index is 13.5. The van der Waals surface area contributed by atoms with Crippen molar-refractivity contribution in [3.05, 3.63) is 59.2 Å². The van der Waals surface area contributed by atoms with Crippen molar-refractivity contribution in [2.75, 3.05) is 0 Å². The van der Waals surface area contributed by atoms with Crippen LogP contribution in [-0.2, 0) is 9.31 Å². The van der Waals surface area contributed by atoms with Gasteiger partial charge in [-0.3, -0.25) is 14.5 Å². The molecule has 2 saturated carbocycles. The summed E-state index contributed by atoms with van der Waals surface area (Å²) in [7, 11) is -0.357. The fourth-order valence-electron chi connectivity index (χ4n) is 6.28. The second-order valence-corrected chi connectivity index (χ2v) is 11.4. The molecule has 0 spiro atoms. The van der Waals surface area contributed by atoms with E-state index in [1.165, 1.54) is 4.90 Å². The first-order chi connectivity index (χ1) is 16.5. The van der Waals surface area contributed by atoms with E-state index in [4.69, 9.17) is 9.31 Å². The van der Waals surface area contributed by atoms with Crippen LogP contribution < -0.4 is 0 Å². The monoisotopic (exact) mass is 477 g/mol. The number of amides is 2. The molecule has 1 atom stereocenters. The third-order valence-corrected chi connectivity index (χ3v) is 9.00. The molecule has 2 heterocycles. The Hall–Kier alpha value is -2.22. The van der Waals surface area contributed by atoms with E-state index in [2.05, 4.69) is 27.7 Å². The minimum Gasteiger partial charge on any atom is -0.403 e. The van der Waals surface area contributed by atoms with Gasteiger partial charge < -0.3 is 14.4 Å². The number of aliphatic hydroxyl groups is 1. The number of imide groups is 1. The molecule has 0 radical (unpaired) electrons. The predicted octanol–water partition coefficient (Wildman–Crippen LogP) is 4.94. The molecule has 1 unspecified atom stereocenters. The van der Waals surface area contributed by atoms with Crippen LogP contribution in [0.15, 0.2) is 48.1 Å². The molecule has 0 aromatic heterocycles. The quantitative estimate of drug-likeness (QED) is 0.342. The van der Waals surface area contributed by atoms with Crippen LogP contribution in [0.5, 0.6) is 0 Å². The molecule has 2 aliphatic carbocycles. The number of hydrogen-bond acceptors (Lipinski definition) is 5. The van der Waals surface area contributed by atoms with Crippen LogP contribution in [0.25, 0.3) is 0 Å². The molecule has 1 N–H and O–H groups in total. The molecule has 1 aromatic carbocycles. The minimum absolute atomic E-state index is 0.252. The smallest absolute Gasteiger partial charge is 0.403 e. The Morgan fingerprint density at radius 3 is 2.20 bits per heavy atom. The lowest BCUT2D eigenvalue weighted by Crippen LogP contribution is -2.68. The molecule has 5 rings (SSSR count). The second-order valence-electron chi connectivity index (χ2n) is 11.4. The summed E-state index contributed by atoms with van der Waals surface area (Å²) in [6.07, 6.45) is 10.1. The maximum Gasteiger partial charge on any atom is 0.461 e. The fraction of sp³-hybridized carbons (Fsp3) is 0.571. The lowest BCUT2D eigenvalue weighted by Gasteiger charge is -2.57. The highest BCUT2D eigenvalue weighted by atomic mass is 16.7. The number of fused-ring (bicyclic) bond motifs is 1. The van der Waals surface area contributed by atoms with E-state index in [0.717, 1.165) is 24.8 Å². The molecule has 7 heteroatoms. The molecule has 1 aromatic rings. The lowest BCUT2D eigenvalue weighted by atomic mass is 9.58. The standard InChI is InChI=1S/C28H36BNO5/c1-6-19(11-10-16-29-34-25(3,4)26(5,7-2)35-29)27(17-28(33,18-27)20-14-15-20)30-23(31)21-12-8-9-13-22(21)24(30)32/h6,8-13,20,33H,7,14-18H2,1-5H3. The van der Waals surface area contributed by atoms with E-state index in [1.807, 2.05) is 25.2 Å². The Balaban J connectivity index is 1.41. The molecule has 2 amide bonds. The lowest BCUT2D eigenvalue weighted by molar-refractivity contribution is -0.124. The van der Waals surface area contributed by atoms with E-state index >= 15 is 0 Å². The average Bonchev–Trinajstić information content (AvgIpc) is 3.58. The first-order valence-electron chi connectivity index (χ1n) is 12.9. The number of nitrogens with zero attached hydrogens (tertiary/aromatic N) is 1. The number of carbonyl (C=O) groups is 2. The Morgan fingerprint density at radius 1 is 1.11 bits per heavy atom. The third-order valence-electron chi connectivity index (χ3n) is 9.00.